The largest absolute Gasteiger partial charge is 0.485 e. The van der Waals surface area contributed by atoms with E-state index in [2.05, 4.69) is 10.5 Å². The number of fused-ring (bicyclic) bond motifs is 1. The number of rotatable bonds is 3. The Morgan fingerprint density at radius 3 is 2.61 bits per heavy atom. The molecule has 0 saturated carbocycles. The molecule has 0 saturated heterocycles. The predicted molar refractivity (Wildman–Crippen MR) is 87.9 cm³/mol. The molecule has 1 N–H and O–H groups in total. The minimum atomic E-state index is -0.710. The van der Waals surface area contributed by atoms with Crippen molar-refractivity contribution < 1.29 is 14.3 Å². The predicted octanol–water partition coefficient (Wildman–Crippen LogP) is 2.68. The first-order valence-electron chi connectivity index (χ1n) is 7.44. The standard InChI is InChI=1S/C18H18N2O3/c1-12-7-3-4-8-14(12)13(2)19-20-18(21)17-11-22-15-9-5-6-10-16(15)23-17/h3-10,17H,11H2,1-2H3,(H,20,21)/b19-13-/t17-/m0/s1. The Hall–Kier alpha value is -2.82. The summed E-state index contributed by atoms with van der Waals surface area (Å²) in [5.41, 5.74) is 5.40. The summed E-state index contributed by atoms with van der Waals surface area (Å²) in [7, 11) is 0. The summed E-state index contributed by atoms with van der Waals surface area (Å²) in [5, 5.41) is 4.17. The van der Waals surface area contributed by atoms with Crippen molar-refractivity contribution in [2.45, 2.75) is 20.0 Å². The van der Waals surface area contributed by atoms with Crippen LogP contribution in [0, 0.1) is 6.92 Å². The van der Waals surface area contributed by atoms with Gasteiger partial charge in [-0.3, -0.25) is 4.79 Å². The maximum Gasteiger partial charge on any atom is 0.284 e. The third kappa shape index (κ3) is 3.34. The van der Waals surface area contributed by atoms with Gasteiger partial charge in [-0.15, -0.1) is 0 Å². The molecule has 118 valence electrons. The number of nitrogens with zero attached hydrogens (tertiary/aromatic N) is 1. The number of hydrogen-bond acceptors (Lipinski definition) is 4. The number of ether oxygens (including phenoxy) is 2. The van der Waals surface area contributed by atoms with E-state index in [4.69, 9.17) is 9.47 Å². The second-order valence-electron chi connectivity index (χ2n) is 5.35. The summed E-state index contributed by atoms with van der Waals surface area (Å²) in [6.45, 7) is 4.03. The molecule has 0 bridgehead atoms. The van der Waals surface area contributed by atoms with Crippen LogP contribution in [-0.4, -0.2) is 24.3 Å². The first kappa shape index (κ1) is 15.1. The smallest absolute Gasteiger partial charge is 0.284 e. The maximum atomic E-state index is 12.2. The molecule has 1 aliphatic heterocycles. The van der Waals surface area contributed by atoms with Gasteiger partial charge in [-0.25, -0.2) is 5.43 Å². The number of benzene rings is 2. The van der Waals surface area contributed by atoms with Gasteiger partial charge in [0.1, 0.15) is 6.61 Å². The summed E-state index contributed by atoms with van der Waals surface area (Å²) in [6.07, 6.45) is -0.710. The topological polar surface area (TPSA) is 59.9 Å². The van der Waals surface area contributed by atoms with Crippen molar-refractivity contribution in [1.29, 1.82) is 0 Å². The Kier molecular flexibility index (Phi) is 4.28. The fraction of sp³-hybridized carbons (Fsp3) is 0.222. The molecular formula is C18H18N2O3. The third-order valence-electron chi connectivity index (χ3n) is 3.67. The molecule has 1 heterocycles. The number of carbonyl (C=O) groups excluding carboxylic acids is 1. The van der Waals surface area contributed by atoms with Crippen molar-refractivity contribution in [3.05, 3.63) is 59.7 Å². The molecule has 3 rings (SSSR count). The molecule has 0 spiro atoms. The molecule has 2 aromatic carbocycles. The van der Waals surface area contributed by atoms with E-state index in [-0.39, 0.29) is 12.5 Å². The molecule has 5 nitrogen and oxygen atoms in total. The van der Waals surface area contributed by atoms with E-state index in [9.17, 15) is 4.79 Å². The van der Waals surface area contributed by atoms with Crippen molar-refractivity contribution >= 4 is 11.6 Å². The zero-order valence-corrected chi connectivity index (χ0v) is 13.1. The number of amides is 1. The molecule has 0 aliphatic carbocycles. The van der Waals surface area contributed by atoms with E-state index in [0.717, 1.165) is 16.8 Å². The van der Waals surface area contributed by atoms with Gasteiger partial charge in [-0.05, 0) is 31.5 Å². The van der Waals surface area contributed by atoms with Crippen LogP contribution in [0.15, 0.2) is 53.6 Å². The second kappa shape index (κ2) is 6.52. The van der Waals surface area contributed by atoms with Crippen LogP contribution in [0.5, 0.6) is 11.5 Å². The second-order valence-corrected chi connectivity index (χ2v) is 5.35. The number of hydrazone groups is 1. The average Bonchev–Trinajstić information content (AvgIpc) is 2.59. The van der Waals surface area contributed by atoms with Gasteiger partial charge in [-0.2, -0.15) is 5.10 Å². The van der Waals surface area contributed by atoms with E-state index in [1.54, 1.807) is 6.07 Å². The number of hydrogen-bond donors (Lipinski definition) is 1. The molecule has 0 aromatic heterocycles. The number of para-hydroxylation sites is 2. The normalized spacial score (nSPS) is 16.8. The molecule has 23 heavy (non-hydrogen) atoms. The average molecular weight is 310 g/mol. The third-order valence-corrected chi connectivity index (χ3v) is 3.67. The lowest BCUT2D eigenvalue weighted by Crippen LogP contribution is -2.42. The van der Waals surface area contributed by atoms with Crippen LogP contribution in [0.1, 0.15) is 18.1 Å². The van der Waals surface area contributed by atoms with Crippen LogP contribution in [0.3, 0.4) is 0 Å². The van der Waals surface area contributed by atoms with Crippen molar-refractivity contribution in [3.63, 3.8) is 0 Å². The zero-order chi connectivity index (χ0) is 16.2. The minimum absolute atomic E-state index is 0.168. The van der Waals surface area contributed by atoms with Crippen molar-refractivity contribution in [2.75, 3.05) is 6.61 Å². The lowest BCUT2D eigenvalue weighted by atomic mass is 10.1. The van der Waals surface area contributed by atoms with Crippen molar-refractivity contribution in [2.24, 2.45) is 5.10 Å². The highest BCUT2D eigenvalue weighted by atomic mass is 16.6. The SMILES string of the molecule is C/C(=N/NC(=O)[C@@H]1COc2ccccc2O1)c1ccccc1C. The fourth-order valence-corrected chi connectivity index (χ4v) is 2.40. The van der Waals surface area contributed by atoms with E-state index >= 15 is 0 Å². The number of carbonyl (C=O) groups is 1. The van der Waals surface area contributed by atoms with Gasteiger partial charge in [0, 0.05) is 5.56 Å². The van der Waals surface area contributed by atoms with Crippen molar-refractivity contribution in [3.8, 4) is 11.5 Å². The van der Waals surface area contributed by atoms with Gasteiger partial charge < -0.3 is 9.47 Å². The molecule has 5 heteroatoms. The summed E-state index contributed by atoms with van der Waals surface area (Å²) >= 11 is 0. The molecule has 1 amide bonds. The van der Waals surface area contributed by atoms with Gasteiger partial charge in [0.05, 0.1) is 5.71 Å². The summed E-state index contributed by atoms with van der Waals surface area (Å²) in [4.78, 5) is 12.2. The molecule has 1 atom stereocenters. The lowest BCUT2D eigenvalue weighted by Gasteiger charge is -2.24. The molecule has 1 aliphatic rings. The van der Waals surface area contributed by atoms with Gasteiger partial charge in [-0.1, -0.05) is 36.4 Å². The quantitative estimate of drug-likeness (QED) is 0.700. The van der Waals surface area contributed by atoms with Gasteiger partial charge in [0.2, 0.25) is 6.10 Å². The summed E-state index contributed by atoms with van der Waals surface area (Å²) in [5.74, 6) is 0.891. The fourth-order valence-electron chi connectivity index (χ4n) is 2.40. The Morgan fingerprint density at radius 1 is 1.13 bits per heavy atom. The van der Waals surface area contributed by atoms with Crippen LogP contribution < -0.4 is 14.9 Å². The Morgan fingerprint density at radius 2 is 1.83 bits per heavy atom. The first-order chi connectivity index (χ1) is 11.1. The maximum absolute atomic E-state index is 12.2. The lowest BCUT2D eigenvalue weighted by molar-refractivity contribution is -0.130. The van der Waals surface area contributed by atoms with Crippen molar-refractivity contribution in [1.82, 2.24) is 5.43 Å². The number of aryl methyl sites for hydroxylation is 1. The highest BCUT2D eigenvalue weighted by molar-refractivity contribution is 6.00. The monoisotopic (exact) mass is 310 g/mol. The molecular weight excluding hydrogens is 292 g/mol. The van der Waals surface area contributed by atoms with E-state index in [0.29, 0.717) is 11.5 Å². The van der Waals surface area contributed by atoms with Crippen LogP contribution >= 0.6 is 0 Å². The Labute approximate surface area is 134 Å². The van der Waals surface area contributed by atoms with Gasteiger partial charge >= 0.3 is 0 Å². The highest BCUT2D eigenvalue weighted by Gasteiger charge is 2.27. The summed E-state index contributed by atoms with van der Waals surface area (Å²) in [6, 6.07) is 15.2. The highest BCUT2D eigenvalue weighted by Crippen LogP contribution is 2.30. The molecule has 0 unspecified atom stereocenters. The minimum Gasteiger partial charge on any atom is -0.485 e. The van der Waals surface area contributed by atoms with Crippen LogP contribution in [0.4, 0.5) is 0 Å². The van der Waals surface area contributed by atoms with E-state index in [1.807, 2.05) is 56.3 Å². The van der Waals surface area contributed by atoms with Crippen LogP contribution in [0.2, 0.25) is 0 Å². The molecule has 0 fully saturated rings. The van der Waals surface area contributed by atoms with Crippen LogP contribution in [-0.2, 0) is 4.79 Å². The molecule has 0 radical (unpaired) electrons. The molecule has 2 aromatic rings. The Bertz CT molecular complexity index is 755. The van der Waals surface area contributed by atoms with E-state index < -0.39 is 6.10 Å². The van der Waals surface area contributed by atoms with Gasteiger partial charge in [0.15, 0.2) is 11.5 Å². The zero-order valence-electron chi connectivity index (χ0n) is 13.1. The van der Waals surface area contributed by atoms with Crippen LogP contribution in [0.25, 0.3) is 0 Å². The first-order valence-corrected chi connectivity index (χ1v) is 7.44. The Balaban J connectivity index is 1.66. The van der Waals surface area contributed by atoms with Gasteiger partial charge in [0.25, 0.3) is 5.91 Å². The summed E-state index contributed by atoms with van der Waals surface area (Å²) < 4.78 is 11.2. The van der Waals surface area contributed by atoms with E-state index in [1.165, 1.54) is 0 Å². The number of nitrogens with one attached hydrogen (secondary N) is 1.